The number of halogens is 1. The smallest absolute Gasteiger partial charge is 0.283 e. The second-order valence-corrected chi connectivity index (χ2v) is 5.89. The van der Waals surface area contributed by atoms with E-state index in [4.69, 9.17) is 5.11 Å². The van der Waals surface area contributed by atoms with Crippen molar-refractivity contribution in [3.63, 3.8) is 0 Å². The molecule has 1 rings (SSSR count). The summed E-state index contributed by atoms with van der Waals surface area (Å²) in [4.78, 5) is 10.4. The largest absolute Gasteiger partial charge is 0.396 e. The molecule has 0 bridgehead atoms. The van der Waals surface area contributed by atoms with E-state index < -0.39 is 4.92 Å². The molecule has 19 heavy (non-hydrogen) atoms. The molecule has 0 unspecified atom stereocenters. The fourth-order valence-corrected chi connectivity index (χ4v) is 2.86. The van der Waals surface area contributed by atoms with Crippen molar-refractivity contribution in [2.24, 2.45) is 0 Å². The van der Waals surface area contributed by atoms with E-state index >= 15 is 0 Å². The summed E-state index contributed by atoms with van der Waals surface area (Å²) >= 11 is 5.05. The number of rotatable bonds is 9. The Bertz CT molecular complexity index is 418. The molecular weight excluding hydrogens is 332 g/mol. The van der Waals surface area contributed by atoms with Gasteiger partial charge >= 0.3 is 0 Å². The summed E-state index contributed by atoms with van der Waals surface area (Å²) in [5.41, 5.74) is 0.978. The van der Waals surface area contributed by atoms with Crippen LogP contribution in [0, 0.1) is 10.1 Å². The summed E-state index contributed by atoms with van der Waals surface area (Å²) in [5, 5.41) is 22.7. The molecule has 1 aromatic rings. The van der Waals surface area contributed by atoms with Gasteiger partial charge in [0.25, 0.3) is 5.69 Å². The quantitative estimate of drug-likeness (QED) is 0.407. The predicted octanol–water partition coefficient (Wildman–Crippen LogP) is 2.56. The van der Waals surface area contributed by atoms with Crippen molar-refractivity contribution in [3.05, 3.63) is 38.3 Å². The van der Waals surface area contributed by atoms with E-state index in [0.717, 1.165) is 30.0 Å². The molecule has 0 aliphatic rings. The van der Waals surface area contributed by atoms with Gasteiger partial charge in [0.05, 0.1) is 9.40 Å². The summed E-state index contributed by atoms with van der Waals surface area (Å²) in [7, 11) is 0. The van der Waals surface area contributed by atoms with Crippen LogP contribution in [0.2, 0.25) is 0 Å². The van der Waals surface area contributed by atoms with Crippen molar-refractivity contribution in [1.82, 2.24) is 5.32 Å². The molecule has 1 aromatic carbocycles. The molecule has 106 valence electrons. The first-order chi connectivity index (χ1) is 9.16. The lowest BCUT2D eigenvalue weighted by Crippen LogP contribution is -2.17. The number of nitro groups is 1. The first-order valence-electron chi connectivity index (χ1n) is 5.98. The van der Waals surface area contributed by atoms with Crippen LogP contribution >= 0.6 is 27.7 Å². The van der Waals surface area contributed by atoms with Gasteiger partial charge in [0.15, 0.2) is 0 Å². The van der Waals surface area contributed by atoms with Gasteiger partial charge < -0.3 is 10.4 Å². The summed E-state index contributed by atoms with van der Waals surface area (Å²) in [5.74, 6) is 1.92. The van der Waals surface area contributed by atoms with Crippen LogP contribution in [0.1, 0.15) is 12.0 Å². The fraction of sp³-hybridized carbons (Fsp3) is 0.500. The predicted molar refractivity (Wildman–Crippen MR) is 81.5 cm³/mol. The Balaban J connectivity index is 2.33. The molecule has 0 atom stereocenters. The van der Waals surface area contributed by atoms with Gasteiger partial charge in [-0.1, -0.05) is 12.1 Å². The zero-order valence-electron chi connectivity index (χ0n) is 10.5. The molecule has 0 fully saturated rings. The van der Waals surface area contributed by atoms with Crippen LogP contribution in [0.15, 0.2) is 22.7 Å². The van der Waals surface area contributed by atoms with Crippen molar-refractivity contribution in [2.75, 3.05) is 24.7 Å². The van der Waals surface area contributed by atoms with Gasteiger partial charge in [-0.15, -0.1) is 0 Å². The van der Waals surface area contributed by atoms with Crippen LogP contribution in [0.25, 0.3) is 0 Å². The topological polar surface area (TPSA) is 75.4 Å². The van der Waals surface area contributed by atoms with Crippen LogP contribution in [-0.4, -0.2) is 34.7 Å². The van der Waals surface area contributed by atoms with Gasteiger partial charge in [0, 0.05) is 31.5 Å². The maximum Gasteiger partial charge on any atom is 0.283 e. The molecule has 2 N–H and O–H groups in total. The van der Waals surface area contributed by atoms with Crippen LogP contribution in [0.4, 0.5) is 5.69 Å². The van der Waals surface area contributed by atoms with E-state index in [0.29, 0.717) is 11.0 Å². The van der Waals surface area contributed by atoms with Gasteiger partial charge in [0.2, 0.25) is 0 Å². The number of nitrogens with zero attached hydrogens (tertiary/aromatic N) is 1. The summed E-state index contributed by atoms with van der Waals surface area (Å²) < 4.78 is 0.542. The van der Waals surface area contributed by atoms with Crippen LogP contribution in [-0.2, 0) is 6.54 Å². The number of thioether (sulfide) groups is 1. The van der Waals surface area contributed by atoms with Gasteiger partial charge in [-0.25, -0.2) is 0 Å². The van der Waals surface area contributed by atoms with Crippen LogP contribution in [0.5, 0.6) is 0 Å². The fourth-order valence-electron chi connectivity index (χ4n) is 1.48. The maximum absolute atomic E-state index is 10.8. The Kier molecular flexibility index (Phi) is 8.04. The first-order valence-corrected chi connectivity index (χ1v) is 7.92. The Morgan fingerprint density at radius 2 is 2.21 bits per heavy atom. The third-order valence-electron chi connectivity index (χ3n) is 2.44. The minimum atomic E-state index is -0.391. The number of hydrogen-bond donors (Lipinski definition) is 2. The number of hydrogen-bond acceptors (Lipinski definition) is 5. The van der Waals surface area contributed by atoms with Gasteiger partial charge in [0.1, 0.15) is 0 Å². The standard InChI is InChI=1S/C12H17BrN2O3S/c13-12-10(3-1-4-11(12)15(17)18)9-14-5-8-19-7-2-6-16/h1,3-4,14,16H,2,5-9H2. The second-order valence-electron chi connectivity index (χ2n) is 3.87. The van der Waals surface area contributed by atoms with E-state index in [-0.39, 0.29) is 12.3 Å². The Morgan fingerprint density at radius 1 is 1.42 bits per heavy atom. The Labute approximate surface area is 125 Å². The van der Waals surface area contributed by atoms with Crippen molar-refractivity contribution in [2.45, 2.75) is 13.0 Å². The lowest BCUT2D eigenvalue weighted by atomic mass is 10.2. The number of aliphatic hydroxyl groups is 1. The average molecular weight is 349 g/mol. The van der Waals surface area contributed by atoms with Crippen molar-refractivity contribution < 1.29 is 10.0 Å². The number of benzene rings is 1. The minimum Gasteiger partial charge on any atom is -0.396 e. The molecule has 0 aliphatic carbocycles. The summed E-state index contributed by atoms with van der Waals surface area (Å²) in [6.07, 6.45) is 0.821. The molecule has 0 saturated heterocycles. The van der Waals surface area contributed by atoms with Crippen molar-refractivity contribution in [1.29, 1.82) is 0 Å². The number of aliphatic hydroxyl groups excluding tert-OH is 1. The molecule has 0 radical (unpaired) electrons. The third kappa shape index (κ3) is 5.90. The molecule has 0 aromatic heterocycles. The number of nitrogens with one attached hydrogen (secondary N) is 1. The highest BCUT2D eigenvalue weighted by Crippen LogP contribution is 2.27. The lowest BCUT2D eigenvalue weighted by molar-refractivity contribution is -0.385. The lowest BCUT2D eigenvalue weighted by Gasteiger charge is -2.07. The van der Waals surface area contributed by atoms with Gasteiger partial charge in [-0.05, 0) is 33.7 Å². The van der Waals surface area contributed by atoms with Gasteiger partial charge in [-0.2, -0.15) is 11.8 Å². The SMILES string of the molecule is O=[N+]([O-])c1cccc(CNCCSCCCO)c1Br. The van der Waals surface area contributed by atoms with Crippen LogP contribution in [0.3, 0.4) is 0 Å². The van der Waals surface area contributed by atoms with E-state index in [1.165, 1.54) is 6.07 Å². The summed E-state index contributed by atoms with van der Waals surface area (Å²) in [6, 6.07) is 5.04. The number of nitro benzene ring substituents is 1. The Hall–Kier alpha value is -0.630. The molecule has 0 aliphatic heterocycles. The maximum atomic E-state index is 10.8. The zero-order valence-corrected chi connectivity index (χ0v) is 12.9. The second kappa shape index (κ2) is 9.30. The average Bonchev–Trinajstić information content (AvgIpc) is 2.39. The third-order valence-corrected chi connectivity index (χ3v) is 4.43. The normalized spacial score (nSPS) is 10.6. The van der Waals surface area contributed by atoms with Gasteiger partial charge in [-0.3, -0.25) is 10.1 Å². The first kappa shape index (κ1) is 16.4. The summed E-state index contributed by atoms with van der Waals surface area (Å²) in [6.45, 7) is 1.68. The van der Waals surface area contributed by atoms with E-state index in [2.05, 4.69) is 21.2 Å². The van der Waals surface area contributed by atoms with E-state index in [1.807, 2.05) is 6.07 Å². The van der Waals surface area contributed by atoms with Crippen LogP contribution < -0.4 is 5.32 Å². The molecule has 5 nitrogen and oxygen atoms in total. The zero-order chi connectivity index (χ0) is 14.1. The Morgan fingerprint density at radius 3 is 2.89 bits per heavy atom. The molecule has 0 heterocycles. The van der Waals surface area contributed by atoms with Crippen molar-refractivity contribution in [3.8, 4) is 0 Å². The highest BCUT2D eigenvalue weighted by Gasteiger charge is 2.13. The molecule has 7 heteroatoms. The minimum absolute atomic E-state index is 0.0941. The monoisotopic (exact) mass is 348 g/mol. The molecular formula is C12H17BrN2O3S. The molecule has 0 spiro atoms. The molecule has 0 saturated carbocycles. The van der Waals surface area contributed by atoms with E-state index in [1.54, 1.807) is 17.8 Å². The highest BCUT2D eigenvalue weighted by atomic mass is 79.9. The molecule has 0 amide bonds. The van der Waals surface area contributed by atoms with Crippen molar-refractivity contribution >= 4 is 33.4 Å². The van der Waals surface area contributed by atoms with E-state index in [9.17, 15) is 10.1 Å². The highest BCUT2D eigenvalue weighted by molar-refractivity contribution is 9.10.